The number of amides is 1. The summed E-state index contributed by atoms with van der Waals surface area (Å²) in [4.78, 5) is 17.3. The van der Waals surface area contributed by atoms with Gasteiger partial charge in [0.25, 0.3) is 0 Å². The number of hydrogen-bond donors (Lipinski definition) is 1. The number of hydrogen-bond acceptors (Lipinski definition) is 7. The van der Waals surface area contributed by atoms with Crippen LogP contribution >= 0.6 is 0 Å². The number of nitrogens with zero attached hydrogens (tertiary/aromatic N) is 5. The fourth-order valence-corrected chi connectivity index (χ4v) is 5.89. The predicted molar refractivity (Wildman–Crippen MR) is 115 cm³/mol. The summed E-state index contributed by atoms with van der Waals surface area (Å²) in [6.45, 7) is 4.08. The van der Waals surface area contributed by atoms with Crippen molar-refractivity contribution in [1.29, 1.82) is 0 Å². The number of aryl methyl sites for hydroxylation is 2. The lowest BCUT2D eigenvalue weighted by atomic mass is 9.97. The monoisotopic (exact) mass is 458 g/mol. The summed E-state index contributed by atoms with van der Waals surface area (Å²) in [7, 11) is -3.79. The van der Waals surface area contributed by atoms with E-state index >= 15 is 0 Å². The lowest BCUT2D eigenvalue weighted by Gasteiger charge is -2.32. The number of aromatic nitrogens is 4. The molecule has 1 saturated heterocycles. The molecule has 1 fully saturated rings. The number of piperidine rings is 1. The van der Waals surface area contributed by atoms with Gasteiger partial charge >= 0.3 is 0 Å². The van der Waals surface area contributed by atoms with Gasteiger partial charge < -0.3 is 9.84 Å². The standard InChI is InChI=1S/C21H26N6O4S/c1-15-20(16(2)31-25-15)32(29,30)27-10-6-9-18(11-27)21(28)24-19(12-26-14-22-13-23-26)17-7-4-3-5-8-17/h3-5,7-8,13-14,18-19H,6,9-12H2,1-2H3,(H,24,28). The summed E-state index contributed by atoms with van der Waals surface area (Å²) in [5, 5.41) is 11.0. The van der Waals surface area contributed by atoms with Crippen molar-refractivity contribution in [3.05, 3.63) is 60.0 Å². The first-order valence-electron chi connectivity index (χ1n) is 10.5. The quantitative estimate of drug-likeness (QED) is 0.573. The molecule has 0 aliphatic carbocycles. The highest BCUT2D eigenvalue weighted by molar-refractivity contribution is 7.89. The number of carbonyl (C=O) groups is 1. The van der Waals surface area contributed by atoms with Gasteiger partial charge in [-0.15, -0.1) is 0 Å². The molecule has 0 bridgehead atoms. The second-order valence-corrected chi connectivity index (χ2v) is 9.82. The van der Waals surface area contributed by atoms with Gasteiger partial charge in [0.15, 0.2) is 5.76 Å². The van der Waals surface area contributed by atoms with Gasteiger partial charge in [-0.2, -0.15) is 9.40 Å². The van der Waals surface area contributed by atoms with Crippen LogP contribution < -0.4 is 5.32 Å². The zero-order valence-electron chi connectivity index (χ0n) is 18.0. The Kier molecular flexibility index (Phi) is 6.38. The highest BCUT2D eigenvalue weighted by atomic mass is 32.2. The molecule has 2 unspecified atom stereocenters. The Balaban J connectivity index is 1.50. The maximum absolute atomic E-state index is 13.2. The summed E-state index contributed by atoms with van der Waals surface area (Å²) < 4.78 is 34.5. The maximum Gasteiger partial charge on any atom is 0.248 e. The summed E-state index contributed by atoms with van der Waals surface area (Å²) in [5.41, 5.74) is 1.26. The van der Waals surface area contributed by atoms with Crippen molar-refractivity contribution < 1.29 is 17.7 Å². The van der Waals surface area contributed by atoms with Crippen LogP contribution in [0.2, 0.25) is 0 Å². The summed E-state index contributed by atoms with van der Waals surface area (Å²) >= 11 is 0. The van der Waals surface area contributed by atoms with E-state index in [4.69, 9.17) is 4.52 Å². The minimum Gasteiger partial charge on any atom is -0.360 e. The van der Waals surface area contributed by atoms with Crippen molar-refractivity contribution in [2.75, 3.05) is 13.1 Å². The number of nitrogens with one attached hydrogen (secondary N) is 1. The SMILES string of the molecule is Cc1noc(C)c1S(=O)(=O)N1CCCC(C(=O)NC(Cn2cncn2)c2ccccc2)C1. The van der Waals surface area contributed by atoms with E-state index in [-0.39, 0.29) is 29.1 Å². The summed E-state index contributed by atoms with van der Waals surface area (Å²) in [5.74, 6) is -0.385. The molecule has 1 aromatic carbocycles. The van der Waals surface area contributed by atoms with Crippen molar-refractivity contribution in [3.63, 3.8) is 0 Å². The molecular formula is C21H26N6O4S. The molecule has 0 saturated carbocycles. The molecule has 0 spiro atoms. The minimum atomic E-state index is -3.79. The molecule has 11 heteroatoms. The molecular weight excluding hydrogens is 432 g/mol. The molecule has 1 amide bonds. The maximum atomic E-state index is 13.2. The number of rotatable bonds is 7. The van der Waals surface area contributed by atoms with Gasteiger partial charge in [-0.05, 0) is 32.3 Å². The highest BCUT2D eigenvalue weighted by Crippen LogP contribution is 2.28. The Morgan fingerprint density at radius 1 is 1.28 bits per heavy atom. The molecule has 4 rings (SSSR count). The largest absolute Gasteiger partial charge is 0.360 e. The van der Waals surface area contributed by atoms with Gasteiger partial charge in [-0.3, -0.25) is 9.48 Å². The number of carbonyl (C=O) groups excluding carboxylic acids is 1. The minimum absolute atomic E-state index is 0.0897. The van der Waals surface area contributed by atoms with Gasteiger partial charge in [-0.25, -0.2) is 13.4 Å². The van der Waals surface area contributed by atoms with Crippen LogP contribution in [-0.2, 0) is 21.4 Å². The van der Waals surface area contributed by atoms with Crippen LogP contribution in [0.4, 0.5) is 0 Å². The van der Waals surface area contributed by atoms with Crippen LogP contribution in [0.1, 0.15) is 35.9 Å². The smallest absolute Gasteiger partial charge is 0.248 e. The van der Waals surface area contributed by atoms with E-state index in [2.05, 4.69) is 20.6 Å². The number of sulfonamides is 1. The molecule has 1 aliphatic heterocycles. The van der Waals surface area contributed by atoms with Crippen LogP contribution in [-0.4, -0.2) is 51.6 Å². The molecule has 0 radical (unpaired) electrons. The van der Waals surface area contributed by atoms with Gasteiger partial charge in [0.1, 0.15) is 23.2 Å². The Morgan fingerprint density at radius 3 is 2.72 bits per heavy atom. The Labute approximate surface area is 186 Å². The molecule has 10 nitrogen and oxygen atoms in total. The zero-order chi connectivity index (χ0) is 22.7. The van der Waals surface area contributed by atoms with E-state index in [1.807, 2.05) is 30.3 Å². The number of benzene rings is 1. The fourth-order valence-electron chi connectivity index (χ4n) is 4.07. The molecule has 1 N–H and O–H groups in total. The molecule has 1 aliphatic rings. The third-order valence-electron chi connectivity index (χ3n) is 5.68. The second kappa shape index (κ2) is 9.21. The van der Waals surface area contributed by atoms with Crippen LogP contribution in [0.5, 0.6) is 0 Å². The Hall–Kier alpha value is -3.05. The van der Waals surface area contributed by atoms with E-state index < -0.39 is 15.9 Å². The molecule has 2 atom stereocenters. The van der Waals surface area contributed by atoms with Crippen LogP contribution in [0.25, 0.3) is 0 Å². The summed E-state index contributed by atoms with van der Waals surface area (Å²) in [6.07, 6.45) is 4.26. The second-order valence-electron chi connectivity index (χ2n) is 7.94. The first-order valence-corrected chi connectivity index (χ1v) is 11.9. The van der Waals surface area contributed by atoms with Gasteiger partial charge in [0.2, 0.25) is 15.9 Å². The first kappa shape index (κ1) is 22.2. The van der Waals surface area contributed by atoms with E-state index in [1.165, 1.54) is 10.6 Å². The fraction of sp³-hybridized carbons (Fsp3) is 0.429. The molecule has 3 heterocycles. The van der Waals surface area contributed by atoms with Crippen LogP contribution in [0.15, 0.2) is 52.4 Å². The molecule has 2 aromatic heterocycles. The van der Waals surface area contributed by atoms with Crippen molar-refractivity contribution in [3.8, 4) is 0 Å². The van der Waals surface area contributed by atoms with Crippen molar-refractivity contribution in [2.45, 2.75) is 44.2 Å². The van der Waals surface area contributed by atoms with Crippen LogP contribution in [0, 0.1) is 19.8 Å². The zero-order valence-corrected chi connectivity index (χ0v) is 18.8. The van der Waals surface area contributed by atoms with Crippen molar-refractivity contribution in [1.82, 2.24) is 29.5 Å². The van der Waals surface area contributed by atoms with Gasteiger partial charge in [0.05, 0.1) is 18.5 Å². The first-order chi connectivity index (χ1) is 15.4. The Morgan fingerprint density at radius 2 is 2.06 bits per heavy atom. The van der Waals surface area contributed by atoms with E-state index in [1.54, 1.807) is 24.9 Å². The Bertz CT molecular complexity index is 1140. The average molecular weight is 459 g/mol. The topological polar surface area (TPSA) is 123 Å². The molecule has 170 valence electrons. The third-order valence-corrected chi connectivity index (χ3v) is 7.79. The van der Waals surface area contributed by atoms with Gasteiger partial charge in [-0.1, -0.05) is 35.5 Å². The van der Waals surface area contributed by atoms with Crippen molar-refractivity contribution in [2.24, 2.45) is 5.92 Å². The third kappa shape index (κ3) is 4.58. The average Bonchev–Trinajstić information content (AvgIpc) is 3.43. The lowest BCUT2D eigenvalue weighted by molar-refractivity contribution is -0.127. The van der Waals surface area contributed by atoms with Crippen LogP contribution in [0.3, 0.4) is 0 Å². The normalized spacial score (nSPS) is 18.4. The highest BCUT2D eigenvalue weighted by Gasteiger charge is 2.37. The van der Waals surface area contributed by atoms with E-state index in [9.17, 15) is 13.2 Å². The summed E-state index contributed by atoms with van der Waals surface area (Å²) in [6, 6.07) is 9.30. The molecule has 32 heavy (non-hydrogen) atoms. The van der Waals surface area contributed by atoms with Crippen molar-refractivity contribution >= 4 is 15.9 Å². The van der Waals surface area contributed by atoms with E-state index in [0.29, 0.717) is 31.6 Å². The van der Waals surface area contributed by atoms with Gasteiger partial charge in [0, 0.05) is 13.1 Å². The predicted octanol–water partition coefficient (Wildman–Crippen LogP) is 1.84. The lowest BCUT2D eigenvalue weighted by Crippen LogP contribution is -2.46. The van der Waals surface area contributed by atoms with E-state index in [0.717, 1.165) is 5.56 Å². The molecule has 3 aromatic rings.